The molecule has 1 atom stereocenters. The van der Waals surface area contributed by atoms with Crippen LogP contribution in [0.4, 0.5) is 5.82 Å². The number of hydrogen-bond acceptors (Lipinski definition) is 3. The largest absolute Gasteiger partial charge is 0.396 e. The lowest BCUT2D eigenvalue weighted by molar-refractivity contribution is 0.244. The molecule has 1 aromatic rings. The second-order valence-electron chi connectivity index (χ2n) is 4.60. The van der Waals surface area contributed by atoms with Crippen molar-refractivity contribution in [2.75, 3.05) is 24.6 Å². The number of rotatable bonds is 3. The molecule has 0 radical (unpaired) electrons. The minimum absolute atomic E-state index is 0.305. The van der Waals surface area contributed by atoms with Gasteiger partial charge in [0.2, 0.25) is 0 Å². The molecule has 2 rings (SSSR count). The highest BCUT2D eigenvalue weighted by atomic mass is 16.3. The fraction of sp³-hybridized carbons (Fsp3) is 0.615. The van der Waals surface area contributed by atoms with E-state index in [9.17, 15) is 0 Å². The second kappa shape index (κ2) is 5.30. The summed E-state index contributed by atoms with van der Waals surface area (Å²) < 4.78 is 0. The van der Waals surface area contributed by atoms with E-state index < -0.39 is 0 Å². The summed E-state index contributed by atoms with van der Waals surface area (Å²) in [6.45, 7) is 4.47. The zero-order valence-electron chi connectivity index (χ0n) is 9.89. The molecule has 1 aromatic heterocycles. The van der Waals surface area contributed by atoms with Crippen molar-refractivity contribution in [1.82, 2.24) is 4.98 Å². The third-order valence-electron chi connectivity index (χ3n) is 3.25. The van der Waals surface area contributed by atoms with Crippen LogP contribution in [-0.2, 0) is 0 Å². The van der Waals surface area contributed by atoms with Crippen molar-refractivity contribution in [3.8, 4) is 0 Å². The van der Waals surface area contributed by atoms with Crippen molar-refractivity contribution in [2.45, 2.75) is 26.2 Å². The van der Waals surface area contributed by atoms with Crippen molar-refractivity contribution in [3.63, 3.8) is 0 Å². The highest BCUT2D eigenvalue weighted by Crippen LogP contribution is 2.23. The number of anilines is 1. The molecular weight excluding hydrogens is 200 g/mol. The van der Waals surface area contributed by atoms with Crippen LogP contribution in [0.1, 0.15) is 25.0 Å². The Labute approximate surface area is 97.1 Å². The van der Waals surface area contributed by atoms with Gasteiger partial charge >= 0.3 is 0 Å². The molecule has 0 aromatic carbocycles. The molecule has 1 aliphatic heterocycles. The molecule has 3 nitrogen and oxygen atoms in total. The molecule has 3 heteroatoms. The van der Waals surface area contributed by atoms with E-state index in [1.54, 1.807) is 0 Å². The zero-order valence-corrected chi connectivity index (χ0v) is 9.89. The molecule has 0 saturated carbocycles. The van der Waals surface area contributed by atoms with Gasteiger partial charge in [-0.1, -0.05) is 6.07 Å². The van der Waals surface area contributed by atoms with Crippen LogP contribution in [0.15, 0.2) is 18.2 Å². The molecule has 2 heterocycles. The van der Waals surface area contributed by atoms with Gasteiger partial charge in [0.15, 0.2) is 0 Å². The third-order valence-corrected chi connectivity index (χ3v) is 3.25. The summed E-state index contributed by atoms with van der Waals surface area (Å²) in [7, 11) is 0. The predicted octanol–water partition coefficient (Wildman–Crippen LogP) is 1.99. The second-order valence-corrected chi connectivity index (χ2v) is 4.60. The molecule has 0 aliphatic carbocycles. The first-order valence-corrected chi connectivity index (χ1v) is 6.09. The number of nitrogens with zero attached hydrogens (tertiary/aromatic N) is 2. The Bertz CT molecular complexity index is 338. The van der Waals surface area contributed by atoms with E-state index in [1.165, 1.54) is 12.8 Å². The summed E-state index contributed by atoms with van der Waals surface area (Å²) >= 11 is 0. The van der Waals surface area contributed by atoms with Gasteiger partial charge in [-0.2, -0.15) is 0 Å². The lowest BCUT2D eigenvalue weighted by Crippen LogP contribution is -2.36. The summed E-state index contributed by atoms with van der Waals surface area (Å²) in [5.41, 5.74) is 1.07. The Morgan fingerprint density at radius 3 is 3.12 bits per heavy atom. The SMILES string of the molecule is Cc1cccc(N2CCCC(CCO)C2)n1. The van der Waals surface area contributed by atoms with Gasteiger partial charge in [0, 0.05) is 25.4 Å². The first kappa shape index (κ1) is 11.4. The average Bonchev–Trinajstić information content (AvgIpc) is 2.30. The molecule has 88 valence electrons. The van der Waals surface area contributed by atoms with Gasteiger partial charge < -0.3 is 10.0 Å². The molecule has 1 fully saturated rings. The molecule has 0 amide bonds. The van der Waals surface area contributed by atoms with Gasteiger partial charge in [-0.25, -0.2) is 4.98 Å². The van der Waals surface area contributed by atoms with E-state index in [1.807, 2.05) is 13.0 Å². The van der Waals surface area contributed by atoms with E-state index in [-0.39, 0.29) is 0 Å². The van der Waals surface area contributed by atoms with Gasteiger partial charge in [-0.15, -0.1) is 0 Å². The fourth-order valence-corrected chi connectivity index (χ4v) is 2.40. The normalized spacial score (nSPS) is 21.1. The van der Waals surface area contributed by atoms with Crippen LogP contribution in [0.2, 0.25) is 0 Å². The van der Waals surface area contributed by atoms with Crippen molar-refractivity contribution < 1.29 is 5.11 Å². The first-order chi connectivity index (χ1) is 7.79. The maximum atomic E-state index is 8.99. The Morgan fingerprint density at radius 2 is 2.38 bits per heavy atom. The van der Waals surface area contributed by atoms with Crippen molar-refractivity contribution >= 4 is 5.82 Å². The van der Waals surface area contributed by atoms with Crippen molar-refractivity contribution in [3.05, 3.63) is 23.9 Å². The molecule has 16 heavy (non-hydrogen) atoms. The number of aromatic nitrogens is 1. The molecule has 1 N–H and O–H groups in total. The lowest BCUT2D eigenvalue weighted by atomic mass is 9.95. The summed E-state index contributed by atoms with van der Waals surface area (Å²) in [5, 5.41) is 8.99. The van der Waals surface area contributed by atoms with Crippen molar-refractivity contribution in [2.24, 2.45) is 5.92 Å². The van der Waals surface area contributed by atoms with Crippen LogP contribution < -0.4 is 4.90 Å². The number of aliphatic hydroxyl groups is 1. The monoisotopic (exact) mass is 220 g/mol. The van der Waals surface area contributed by atoms with Crippen LogP contribution in [0.3, 0.4) is 0 Å². The fourth-order valence-electron chi connectivity index (χ4n) is 2.40. The maximum Gasteiger partial charge on any atom is 0.128 e. The van der Waals surface area contributed by atoms with E-state index in [0.717, 1.165) is 31.0 Å². The number of aliphatic hydroxyl groups excluding tert-OH is 1. The Morgan fingerprint density at radius 1 is 1.50 bits per heavy atom. The highest BCUT2D eigenvalue weighted by molar-refractivity contribution is 5.39. The Hall–Kier alpha value is -1.09. The summed E-state index contributed by atoms with van der Waals surface area (Å²) in [6.07, 6.45) is 3.37. The number of hydrogen-bond donors (Lipinski definition) is 1. The van der Waals surface area contributed by atoms with Gasteiger partial charge in [-0.3, -0.25) is 0 Å². The highest BCUT2D eigenvalue weighted by Gasteiger charge is 2.20. The quantitative estimate of drug-likeness (QED) is 0.846. The minimum atomic E-state index is 0.305. The summed E-state index contributed by atoms with van der Waals surface area (Å²) in [4.78, 5) is 6.90. The maximum absolute atomic E-state index is 8.99. The topological polar surface area (TPSA) is 36.4 Å². The van der Waals surface area contributed by atoms with Crippen LogP contribution in [0.5, 0.6) is 0 Å². The number of pyridine rings is 1. The van der Waals surface area contributed by atoms with Crippen LogP contribution in [0.25, 0.3) is 0 Å². The van der Waals surface area contributed by atoms with E-state index in [2.05, 4.69) is 22.0 Å². The van der Waals surface area contributed by atoms with E-state index in [0.29, 0.717) is 12.5 Å². The molecule has 0 spiro atoms. The van der Waals surface area contributed by atoms with Gasteiger partial charge in [0.1, 0.15) is 5.82 Å². The zero-order chi connectivity index (χ0) is 11.4. The van der Waals surface area contributed by atoms with Crippen LogP contribution in [-0.4, -0.2) is 29.8 Å². The molecule has 1 saturated heterocycles. The van der Waals surface area contributed by atoms with Gasteiger partial charge in [0.05, 0.1) is 0 Å². The van der Waals surface area contributed by atoms with E-state index >= 15 is 0 Å². The van der Waals surface area contributed by atoms with Gasteiger partial charge in [0.25, 0.3) is 0 Å². The number of piperidine rings is 1. The van der Waals surface area contributed by atoms with E-state index in [4.69, 9.17) is 5.11 Å². The lowest BCUT2D eigenvalue weighted by Gasteiger charge is -2.33. The van der Waals surface area contributed by atoms with Crippen molar-refractivity contribution in [1.29, 1.82) is 0 Å². The average molecular weight is 220 g/mol. The first-order valence-electron chi connectivity index (χ1n) is 6.09. The molecule has 0 bridgehead atoms. The van der Waals surface area contributed by atoms with Crippen LogP contribution >= 0.6 is 0 Å². The standard InChI is InChI=1S/C13H20N2O/c1-11-4-2-6-13(14-11)15-8-3-5-12(10-15)7-9-16/h2,4,6,12,16H,3,5,7-10H2,1H3. The molecule has 1 aliphatic rings. The van der Waals surface area contributed by atoms with Gasteiger partial charge in [-0.05, 0) is 44.2 Å². The smallest absolute Gasteiger partial charge is 0.128 e. The molecule has 1 unspecified atom stereocenters. The number of aryl methyl sites for hydroxylation is 1. The Kier molecular flexibility index (Phi) is 3.78. The third kappa shape index (κ3) is 2.73. The molecular formula is C13H20N2O. The minimum Gasteiger partial charge on any atom is -0.396 e. The Balaban J connectivity index is 2.03. The summed E-state index contributed by atoms with van der Waals surface area (Å²) in [5.74, 6) is 1.71. The summed E-state index contributed by atoms with van der Waals surface area (Å²) in [6, 6.07) is 6.17. The van der Waals surface area contributed by atoms with Crippen LogP contribution in [0, 0.1) is 12.8 Å². The predicted molar refractivity (Wildman–Crippen MR) is 65.6 cm³/mol.